The summed E-state index contributed by atoms with van der Waals surface area (Å²) in [7, 11) is 0. The van der Waals surface area contributed by atoms with E-state index in [4.69, 9.17) is 10.5 Å². The molecule has 0 radical (unpaired) electrons. The van der Waals surface area contributed by atoms with Crippen molar-refractivity contribution in [1.82, 2.24) is 0 Å². The first-order valence-electron chi connectivity index (χ1n) is 5.21. The van der Waals surface area contributed by atoms with Gasteiger partial charge in [0.05, 0.1) is 18.4 Å². The second kappa shape index (κ2) is 4.29. The summed E-state index contributed by atoms with van der Waals surface area (Å²) in [4.78, 5) is 22.6. The molecule has 0 unspecified atom stereocenters. The highest BCUT2D eigenvalue weighted by Crippen LogP contribution is 2.32. The summed E-state index contributed by atoms with van der Waals surface area (Å²) in [5, 5.41) is 2.66. The van der Waals surface area contributed by atoms with Gasteiger partial charge in [0.25, 0.3) is 5.91 Å². The fraction of sp³-hybridized carbons (Fsp3) is 0.167. The van der Waals surface area contributed by atoms with Crippen LogP contribution in [0.4, 0.5) is 5.69 Å². The van der Waals surface area contributed by atoms with Crippen LogP contribution in [-0.4, -0.2) is 18.4 Å². The molecule has 0 saturated heterocycles. The Kier molecular flexibility index (Phi) is 2.82. The van der Waals surface area contributed by atoms with Crippen LogP contribution in [0.1, 0.15) is 22.8 Å². The van der Waals surface area contributed by atoms with E-state index in [1.54, 1.807) is 18.2 Å². The summed E-state index contributed by atoms with van der Waals surface area (Å²) >= 11 is 0. The Morgan fingerprint density at radius 1 is 1.53 bits per heavy atom. The maximum Gasteiger partial charge on any atom is 0.259 e. The maximum atomic E-state index is 11.6. The molecule has 0 saturated carbocycles. The van der Waals surface area contributed by atoms with E-state index < -0.39 is 5.91 Å². The summed E-state index contributed by atoms with van der Waals surface area (Å²) in [5.74, 6) is -0.764. The van der Waals surface area contributed by atoms with E-state index in [0.717, 1.165) is 0 Å². The molecule has 1 aliphatic heterocycles. The van der Waals surface area contributed by atoms with Gasteiger partial charge in [0.15, 0.2) is 0 Å². The number of rotatable bonds is 3. The number of fused-ring (bicyclic) bond motifs is 1. The van der Waals surface area contributed by atoms with Crippen LogP contribution in [-0.2, 0) is 9.53 Å². The highest BCUT2D eigenvalue weighted by molar-refractivity contribution is 6.31. The molecular formula is C12H12N2O3. The van der Waals surface area contributed by atoms with Gasteiger partial charge >= 0.3 is 0 Å². The van der Waals surface area contributed by atoms with Gasteiger partial charge in [0.1, 0.15) is 0 Å². The summed E-state index contributed by atoms with van der Waals surface area (Å²) < 4.78 is 5.11. The molecule has 1 aromatic carbocycles. The third-order valence-corrected chi connectivity index (χ3v) is 2.45. The van der Waals surface area contributed by atoms with Crippen molar-refractivity contribution in [2.45, 2.75) is 6.92 Å². The lowest BCUT2D eigenvalue weighted by Crippen LogP contribution is -2.11. The van der Waals surface area contributed by atoms with Crippen LogP contribution in [0.2, 0.25) is 0 Å². The average molecular weight is 232 g/mol. The van der Waals surface area contributed by atoms with Crippen molar-refractivity contribution < 1.29 is 14.3 Å². The van der Waals surface area contributed by atoms with Gasteiger partial charge in [-0.2, -0.15) is 0 Å². The summed E-state index contributed by atoms with van der Waals surface area (Å²) in [6.07, 6.45) is 1.42. The fourth-order valence-electron chi connectivity index (χ4n) is 1.63. The van der Waals surface area contributed by atoms with Crippen molar-refractivity contribution in [3.8, 4) is 0 Å². The molecule has 1 aliphatic rings. The SMILES string of the molecule is CCO/C=C1\C(=O)Nc2cc(C(N)=O)ccc21. The Morgan fingerprint density at radius 2 is 2.29 bits per heavy atom. The minimum Gasteiger partial charge on any atom is -0.501 e. The third kappa shape index (κ3) is 1.99. The summed E-state index contributed by atoms with van der Waals surface area (Å²) in [5.41, 5.74) is 7.28. The molecule has 0 bridgehead atoms. The van der Waals surface area contributed by atoms with Gasteiger partial charge in [-0.3, -0.25) is 9.59 Å². The summed E-state index contributed by atoms with van der Waals surface area (Å²) in [6, 6.07) is 4.82. The number of carbonyl (C=O) groups is 2. The Labute approximate surface area is 98.3 Å². The van der Waals surface area contributed by atoms with Crippen LogP contribution in [0.5, 0.6) is 0 Å². The number of carbonyl (C=O) groups excluding carboxylic acids is 2. The number of nitrogens with two attached hydrogens (primary N) is 1. The van der Waals surface area contributed by atoms with E-state index in [1.807, 2.05) is 6.92 Å². The molecule has 5 heteroatoms. The van der Waals surface area contributed by atoms with Gasteiger partial charge in [-0.1, -0.05) is 6.07 Å². The number of primary amides is 1. The highest BCUT2D eigenvalue weighted by Gasteiger charge is 2.25. The molecule has 1 heterocycles. The molecule has 0 spiro atoms. The molecule has 17 heavy (non-hydrogen) atoms. The predicted molar refractivity (Wildman–Crippen MR) is 63.2 cm³/mol. The zero-order chi connectivity index (χ0) is 12.4. The van der Waals surface area contributed by atoms with Crippen LogP contribution in [0, 0.1) is 0 Å². The largest absolute Gasteiger partial charge is 0.501 e. The standard InChI is InChI=1S/C12H12N2O3/c1-2-17-6-9-8-4-3-7(11(13)15)5-10(8)14-12(9)16/h3-6H,2H2,1H3,(H2,13,15)(H,14,16)/b9-6-. The molecule has 0 aliphatic carbocycles. The lowest BCUT2D eigenvalue weighted by molar-refractivity contribution is -0.110. The van der Waals surface area contributed by atoms with Crippen molar-refractivity contribution >= 4 is 23.1 Å². The Balaban J connectivity index is 2.42. The van der Waals surface area contributed by atoms with Crippen molar-refractivity contribution in [3.05, 3.63) is 35.6 Å². The van der Waals surface area contributed by atoms with Crippen LogP contribution in [0.25, 0.3) is 5.57 Å². The Hall–Kier alpha value is -2.30. The molecule has 5 nitrogen and oxygen atoms in total. The van der Waals surface area contributed by atoms with Gasteiger partial charge in [-0.25, -0.2) is 0 Å². The number of ether oxygens (including phenoxy) is 1. The average Bonchev–Trinajstić information content (AvgIpc) is 2.61. The quantitative estimate of drug-likeness (QED) is 0.605. The van der Waals surface area contributed by atoms with E-state index in [9.17, 15) is 9.59 Å². The van der Waals surface area contributed by atoms with E-state index in [1.165, 1.54) is 6.26 Å². The first kappa shape index (κ1) is 11.2. The van der Waals surface area contributed by atoms with Gasteiger partial charge in [-0.05, 0) is 19.1 Å². The number of anilines is 1. The highest BCUT2D eigenvalue weighted by atomic mass is 16.5. The monoisotopic (exact) mass is 232 g/mol. The van der Waals surface area contributed by atoms with Crippen LogP contribution in [0.3, 0.4) is 0 Å². The number of benzene rings is 1. The zero-order valence-electron chi connectivity index (χ0n) is 9.32. The number of hydrogen-bond donors (Lipinski definition) is 2. The fourth-order valence-corrected chi connectivity index (χ4v) is 1.63. The Morgan fingerprint density at radius 3 is 2.94 bits per heavy atom. The van der Waals surface area contributed by atoms with Crippen molar-refractivity contribution in [2.24, 2.45) is 5.73 Å². The van der Waals surface area contributed by atoms with Gasteiger partial charge in [-0.15, -0.1) is 0 Å². The molecular weight excluding hydrogens is 220 g/mol. The normalized spacial score (nSPS) is 15.6. The van der Waals surface area contributed by atoms with Crippen molar-refractivity contribution in [3.63, 3.8) is 0 Å². The van der Waals surface area contributed by atoms with Crippen molar-refractivity contribution in [1.29, 1.82) is 0 Å². The molecule has 0 fully saturated rings. The lowest BCUT2D eigenvalue weighted by atomic mass is 10.1. The van der Waals surface area contributed by atoms with E-state index in [0.29, 0.717) is 29.0 Å². The minimum absolute atomic E-state index is 0.241. The maximum absolute atomic E-state index is 11.6. The molecule has 0 aromatic heterocycles. The smallest absolute Gasteiger partial charge is 0.259 e. The topological polar surface area (TPSA) is 81.4 Å². The molecule has 2 amide bonds. The van der Waals surface area contributed by atoms with Gasteiger partial charge in [0.2, 0.25) is 5.91 Å². The first-order valence-corrected chi connectivity index (χ1v) is 5.21. The zero-order valence-corrected chi connectivity index (χ0v) is 9.32. The van der Waals surface area contributed by atoms with Gasteiger partial charge < -0.3 is 15.8 Å². The number of nitrogens with one attached hydrogen (secondary N) is 1. The van der Waals surface area contributed by atoms with E-state index in [2.05, 4.69) is 5.32 Å². The molecule has 1 aromatic rings. The van der Waals surface area contributed by atoms with Crippen LogP contribution in [0.15, 0.2) is 24.5 Å². The third-order valence-electron chi connectivity index (χ3n) is 2.45. The summed E-state index contributed by atoms with van der Waals surface area (Å²) in [6.45, 7) is 2.33. The Bertz CT molecular complexity index is 520. The predicted octanol–water partition coefficient (Wildman–Crippen LogP) is 1.11. The molecule has 0 atom stereocenters. The van der Waals surface area contributed by atoms with E-state index in [-0.39, 0.29) is 5.91 Å². The van der Waals surface area contributed by atoms with E-state index >= 15 is 0 Å². The number of hydrogen-bond acceptors (Lipinski definition) is 3. The van der Waals surface area contributed by atoms with Crippen LogP contribution < -0.4 is 11.1 Å². The molecule has 2 rings (SSSR count). The molecule has 88 valence electrons. The second-order valence-electron chi connectivity index (χ2n) is 3.57. The van der Waals surface area contributed by atoms with Crippen LogP contribution >= 0.6 is 0 Å². The first-order chi connectivity index (χ1) is 8.13. The van der Waals surface area contributed by atoms with Crippen molar-refractivity contribution in [2.75, 3.05) is 11.9 Å². The molecule has 3 N–H and O–H groups in total. The second-order valence-corrected chi connectivity index (χ2v) is 3.57. The minimum atomic E-state index is -0.524. The number of amides is 2. The lowest BCUT2D eigenvalue weighted by Gasteiger charge is -2.01. The van der Waals surface area contributed by atoms with Gasteiger partial charge in [0, 0.05) is 16.8 Å².